The number of carbonyl (C=O) groups is 1. The fourth-order valence-corrected chi connectivity index (χ4v) is 0.620. The van der Waals surface area contributed by atoms with Crippen molar-refractivity contribution in [3.05, 3.63) is 0 Å². The van der Waals surface area contributed by atoms with Gasteiger partial charge in [-0.05, 0) is 13.8 Å². The Balaban J connectivity index is 3.56. The number of nitrogens with zero attached hydrogens (tertiary/aromatic N) is 1. The topological polar surface area (TPSA) is 41.6 Å². The lowest BCUT2D eigenvalue weighted by atomic mass is 10.4. The van der Waals surface area contributed by atoms with Crippen LogP contribution >= 0.6 is 12.8 Å². The van der Waals surface area contributed by atoms with Crippen LogP contribution in [-0.2, 0) is 4.74 Å². The molecule has 0 aliphatic carbocycles. The number of carbonyl (C=O) groups excluding carboxylic acids is 1. The first kappa shape index (κ1) is 11.6. The van der Waals surface area contributed by atoms with E-state index in [0.717, 1.165) is 0 Å². The normalized spacial score (nSPS) is 12.3. The summed E-state index contributed by atoms with van der Waals surface area (Å²) in [6, 6.07) is -0.190. The van der Waals surface area contributed by atoms with E-state index in [9.17, 15) is 4.79 Å². The molecule has 2 amide bonds. The number of thiol groups is 1. The number of rotatable bonds is 4. The van der Waals surface area contributed by atoms with Crippen molar-refractivity contribution in [1.82, 2.24) is 9.62 Å². The summed E-state index contributed by atoms with van der Waals surface area (Å²) in [4.78, 5) is 11.1. The highest BCUT2D eigenvalue weighted by Crippen LogP contribution is 1.93. The van der Waals surface area contributed by atoms with Crippen LogP contribution in [0.4, 0.5) is 4.79 Å². The average molecular weight is 192 g/mol. The van der Waals surface area contributed by atoms with E-state index in [1.807, 2.05) is 13.8 Å². The van der Waals surface area contributed by atoms with E-state index in [4.69, 9.17) is 4.74 Å². The maximum absolute atomic E-state index is 11.1. The number of nitrogens with one attached hydrogen (secondary N) is 1. The number of methoxy groups -OCH3 is 1. The summed E-state index contributed by atoms with van der Waals surface area (Å²) in [5.74, 6) is 0. The lowest BCUT2D eigenvalue weighted by Crippen LogP contribution is -2.38. The minimum absolute atomic E-state index is 0.0348. The van der Waals surface area contributed by atoms with Crippen LogP contribution in [0.15, 0.2) is 0 Å². The van der Waals surface area contributed by atoms with Crippen molar-refractivity contribution in [3.63, 3.8) is 0 Å². The van der Waals surface area contributed by atoms with Crippen molar-refractivity contribution < 1.29 is 9.53 Å². The molecule has 0 saturated heterocycles. The minimum Gasteiger partial charge on any atom is -0.380 e. The zero-order chi connectivity index (χ0) is 9.56. The summed E-state index contributed by atoms with van der Waals surface area (Å²) >= 11 is 3.94. The maximum Gasteiger partial charge on any atom is 0.327 e. The first-order valence-corrected chi connectivity index (χ1v) is 4.28. The van der Waals surface area contributed by atoms with Crippen LogP contribution in [0.25, 0.3) is 0 Å². The largest absolute Gasteiger partial charge is 0.380 e. The van der Waals surface area contributed by atoms with Crippen molar-refractivity contribution in [2.24, 2.45) is 0 Å². The molecule has 0 bridgehead atoms. The van der Waals surface area contributed by atoms with Gasteiger partial charge < -0.3 is 10.1 Å². The molecule has 0 aromatic rings. The highest BCUT2D eigenvalue weighted by Gasteiger charge is 2.07. The molecular formula is C7H16N2O2S. The summed E-state index contributed by atoms with van der Waals surface area (Å²) in [5.41, 5.74) is 0. The van der Waals surface area contributed by atoms with Crippen LogP contribution in [0.2, 0.25) is 0 Å². The third-order valence-electron chi connectivity index (χ3n) is 1.48. The zero-order valence-electron chi connectivity index (χ0n) is 7.70. The molecule has 1 unspecified atom stereocenters. The fraction of sp³-hybridized carbons (Fsp3) is 0.857. The van der Waals surface area contributed by atoms with Crippen LogP contribution in [0, 0.1) is 0 Å². The summed E-state index contributed by atoms with van der Waals surface area (Å²) in [6.45, 7) is 4.82. The predicted octanol–water partition coefficient (Wildman–Crippen LogP) is 0.898. The van der Waals surface area contributed by atoms with Crippen molar-refractivity contribution in [2.75, 3.05) is 20.2 Å². The molecule has 72 valence electrons. The Morgan fingerprint density at radius 3 is 2.75 bits per heavy atom. The number of amides is 2. The van der Waals surface area contributed by atoms with Gasteiger partial charge in [-0.3, -0.25) is 4.31 Å². The monoisotopic (exact) mass is 192 g/mol. The molecule has 0 aliphatic rings. The van der Waals surface area contributed by atoms with Gasteiger partial charge in [0.05, 0.1) is 6.10 Å². The van der Waals surface area contributed by atoms with E-state index in [-0.39, 0.29) is 12.1 Å². The summed E-state index contributed by atoms with van der Waals surface area (Å²) in [5, 5.41) is 2.67. The van der Waals surface area contributed by atoms with Gasteiger partial charge >= 0.3 is 6.03 Å². The molecule has 0 saturated carbocycles. The van der Waals surface area contributed by atoms with Gasteiger partial charge in [-0.2, -0.15) is 0 Å². The SMILES string of the molecule is CCN(S)C(=O)NCC(C)OC. The van der Waals surface area contributed by atoms with E-state index in [1.165, 1.54) is 4.31 Å². The second-order valence-electron chi connectivity index (χ2n) is 2.45. The van der Waals surface area contributed by atoms with Crippen molar-refractivity contribution in [3.8, 4) is 0 Å². The fourth-order valence-electron chi connectivity index (χ4n) is 0.549. The molecule has 1 atom stereocenters. The highest BCUT2D eigenvalue weighted by atomic mass is 32.1. The minimum atomic E-state index is -0.190. The van der Waals surface area contributed by atoms with E-state index >= 15 is 0 Å². The van der Waals surface area contributed by atoms with E-state index in [2.05, 4.69) is 18.1 Å². The highest BCUT2D eigenvalue weighted by molar-refractivity contribution is 7.78. The van der Waals surface area contributed by atoms with Gasteiger partial charge in [0.1, 0.15) is 0 Å². The molecule has 0 aromatic carbocycles. The first-order chi connectivity index (χ1) is 5.61. The molecule has 12 heavy (non-hydrogen) atoms. The van der Waals surface area contributed by atoms with Crippen molar-refractivity contribution in [2.45, 2.75) is 20.0 Å². The Labute approximate surface area is 78.8 Å². The van der Waals surface area contributed by atoms with Crippen LogP contribution in [-0.4, -0.2) is 36.6 Å². The lowest BCUT2D eigenvalue weighted by Gasteiger charge is -2.16. The quantitative estimate of drug-likeness (QED) is 0.650. The second kappa shape index (κ2) is 6.14. The Morgan fingerprint density at radius 2 is 2.33 bits per heavy atom. The Hall–Kier alpha value is -0.420. The third kappa shape index (κ3) is 4.46. The number of hydrogen-bond donors (Lipinski definition) is 2. The molecular weight excluding hydrogens is 176 g/mol. The molecule has 0 aromatic heterocycles. The number of ether oxygens (including phenoxy) is 1. The summed E-state index contributed by atoms with van der Waals surface area (Å²) < 4.78 is 6.26. The molecule has 0 rings (SSSR count). The number of urea groups is 1. The molecule has 0 radical (unpaired) electrons. The lowest BCUT2D eigenvalue weighted by molar-refractivity contribution is 0.117. The van der Waals surface area contributed by atoms with Crippen LogP contribution in [0.5, 0.6) is 0 Å². The van der Waals surface area contributed by atoms with E-state index in [1.54, 1.807) is 7.11 Å². The molecule has 5 heteroatoms. The molecule has 0 spiro atoms. The second-order valence-corrected chi connectivity index (χ2v) is 2.93. The average Bonchev–Trinajstić information content (AvgIpc) is 2.11. The van der Waals surface area contributed by atoms with Crippen LogP contribution < -0.4 is 5.32 Å². The van der Waals surface area contributed by atoms with Crippen LogP contribution in [0.3, 0.4) is 0 Å². The van der Waals surface area contributed by atoms with Gasteiger partial charge in [0.15, 0.2) is 0 Å². The van der Waals surface area contributed by atoms with Gasteiger partial charge in [-0.15, -0.1) is 0 Å². The molecule has 0 heterocycles. The van der Waals surface area contributed by atoms with Gasteiger partial charge in [-0.1, -0.05) is 12.8 Å². The molecule has 0 aliphatic heterocycles. The van der Waals surface area contributed by atoms with Gasteiger partial charge in [-0.25, -0.2) is 4.79 Å². The van der Waals surface area contributed by atoms with Gasteiger partial charge in [0.25, 0.3) is 0 Å². The molecule has 0 fully saturated rings. The third-order valence-corrected chi connectivity index (χ3v) is 1.94. The van der Waals surface area contributed by atoms with Gasteiger partial charge in [0.2, 0.25) is 0 Å². The first-order valence-electron chi connectivity index (χ1n) is 3.88. The number of hydrogen-bond acceptors (Lipinski definition) is 3. The van der Waals surface area contributed by atoms with E-state index in [0.29, 0.717) is 13.1 Å². The van der Waals surface area contributed by atoms with Crippen molar-refractivity contribution in [1.29, 1.82) is 0 Å². The standard InChI is InChI=1S/C7H16N2O2S/c1-4-9(12)7(10)8-5-6(2)11-3/h6,12H,4-5H2,1-3H3,(H,8,10). The molecule has 4 nitrogen and oxygen atoms in total. The summed E-state index contributed by atoms with van der Waals surface area (Å²) in [7, 11) is 1.61. The smallest absolute Gasteiger partial charge is 0.327 e. The Bertz CT molecular complexity index is 143. The summed E-state index contributed by atoms with van der Waals surface area (Å²) in [6.07, 6.45) is 0.0348. The maximum atomic E-state index is 11.1. The van der Waals surface area contributed by atoms with Crippen molar-refractivity contribution >= 4 is 18.8 Å². The molecule has 1 N–H and O–H groups in total. The van der Waals surface area contributed by atoms with Crippen LogP contribution in [0.1, 0.15) is 13.8 Å². The van der Waals surface area contributed by atoms with E-state index < -0.39 is 0 Å². The predicted molar refractivity (Wildman–Crippen MR) is 51.2 cm³/mol. The zero-order valence-corrected chi connectivity index (χ0v) is 8.60. The van der Waals surface area contributed by atoms with Gasteiger partial charge in [0, 0.05) is 20.2 Å². The Kier molecular flexibility index (Phi) is 5.92. The Morgan fingerprint density at radius 1 is 1.75 bits per heavy atom.